The third-order valence-corrected chi connectivity index (χ3v) is 12.0. The molecule has 0 saturated carbocycles. The molecular formula is C55H25F3N8. The van der Waals surface area contributed by atoms with Crippen LogP contribution in [0.25, 0.3) is 88.4 Å². The van der Waals surface area contributed by atoms with Gasteiger partial charge >= 0.3 is 6.18 Å². The first kappa shape index (κ1) is 40.2. The summed E-state index contributed by atoms with van der Waals surface area (Å²) in [5.74, 6) is 0. The Hall–Kier alpha value is -9.91. The molecule has 0 N–H and O–H groups in total. The molecule has 0 radical (unpaired) electrons. The fraction of sp³-hybridized carbons (Fsp3) is 0.0182. The van der Waals surface area contributed by atoms with Crippen LogP contribution in [0.4, 0.5) is 13.2 Å². The average Bonchev–Trinajstić information content (AvgIpc) is 3.87. The van der Waals surface area contributed by atoms with E-state index < -0.39 is 11.7 Å². The van der Waals surface area contributed by atoms with Crippen molar-refractivity contribution in [1.82, 2.24) is 9.13 Å². The van der Waals surface area contributed by atoms with Crippen molar-refractivity contribution < 1.29 is 13.2 Å². The minimum absolute atomic E-state index is 0.130. The first-order chi connectivity index (χ1) is 32.1. The predicted molar refractivity (Wildman–Crippen MR) is 245 cm³/mol. The minimum Gasteiger partial charge on any atom is -0.309 e. The van der Waals surface area contributed by atoms with Crippen LogP contribution < -0.4 is 0 Å². The number of alkyl halides is 3. The van der Waals surface area contributed by atoms with Gasteiger partial charge in [0, 0.05) is 27.1 Å². The summed E-state index contributed by atoms with van der Waals surface area (Å²) >= 11 is 0. The Morgan fingerprint density at radius 1 is 0.348 bits per heavy atom. The van der Waals surface area contributed by atoms with E-state index in [1.165, 1.54) is 24.3 Å². The van der Waals surface area contributed by atoms with Gasteiger partial charge in [0.05, 0.1) is 103 Å². The number of nitrogens with zero attached hydrogens (tertiary/aromatic N) is 8. The van der Waals surface area contributed by atoms with E-state index in [2.05, 4.69) is 30.3 Å². The summed E-state index contributed by atoms with van der Waals surface area (Å²) in [5, 5.41) is 62.9. The summed E-state index contributed by atoms with van der Waals surface area (Å²) in [6.07, 6.45) is -4.89. The highest BCUT2D eigenvalue weighted by Gasteiger charge is 2.35. The number of aromatic nitrogens is 2. The third kappa shape index (κ3) is 6.34. The van der Waals surface area contributed by atoms with Crippen LogP contribution in [0.5, 0.6) is 0 Å². The number of rotatable bonds is 5. The third-order valence-electron chi connectivity index (χ3n) is 12.0. The number of fused-ring (bicyclic) bond motifs is 6. The molecule has 0 unspecified atom stereocenters. The smallest absolute Gasteiger partial charge is 0.309 e. The van der Waals surface area contributed by atoms with Crippen molar-refractivity contribution in [2.75, 3.05) is 0 Å². The molecule has 0 aliphatic carbocycles. The summed E-state index contributed by atoms with van der Waals surface area (Å²) in [6.45, 7) is 0. The topological polar surface area (TPSA) is 153 Å². The Morgan fingerprint density at radius 3 is 1.26 bits per heavy atom. The van der Waals surface area contributed by atoms with E-state index in [0.717, 1.165) is 27.6 Å². The molecule has 0 fully saturated rings. The van der Waals surface area contributed by atoms with Gasteiger partial charge in [0.25, 0.3) is 0 Å². The van der Waals surface area contributed by atoms with E-state index in [-0.39, 0.29) is 27.9 Å². The molecule has 0 saturated heterocycles. The van der Waals surface area contributed by atoms with Gasteiger partial charge in [-0.2, -0.15) is 44.7 Å². The van der Waals surface area contributed by atoms with Crippen LogP contribution in [0.3, 0.4) is 0 Å². The Labute approximate surface area is 374 Å². The zero-order valence-corrected chi connectivity index (χ0v) is 34.1. The molecule has 10 aromatic rings. The monoisotopic (exact) mass is 854 g/mol. The second-order valence-corrected chi connectivity index (χ2v) is 15.5. The molecule has 66 heavy (non-hydrogen) atoms. The van der Waals surface area contributed by atoms with Gasteiger partial charge in [-0.1, -0.05) is 66.7 Å². The molecule has 0 amide bonds. The number of hydrogen-bond acceptors (Lipinski definition) is 6. The molecule has 8 nitrogen and oxygen atoms in total. The van der Waals surface area contributed by atoms with Crippen molar-refractivity contribution in [1.29, 1.82) is 31.6 Å². The lowest BCUT2D eigenvalue weighted by atomic mass is 9.93. The number of benzene rings is 8. The highest BCUT2D eigenvalue weighted by Crippen LogP contribution is 2.45. The summed E-state index contributed by atoms with van der Waals surface area (Å²) in [5.41, 5.74) is 5.87. The molecule has 8 aromatic carbocycles. The maximum Gasteiger partial charge on any atom is 0.417 e. The second-order valence-electron chi connectivity index (χ2n) is 15.5. The molecule has 0 aliphatic rings. The molecule has 11 heteroatoms. The first-order valence-electron chi connectivity index (χ1n) is 20.2. The molecule has 0 aliphatic heterocycles. The largest absolute Gasteiger partial charge is 0.417 e. The van der Waals surface area contributed by atoms with E-state index in [0.29, 0.717) is 72.3 Å². The molecule has 2 aromatic heterocycles. The Balaban J connectivity index is 1.29. The summed E-state index contributed by atoms with van der Waals surface area (Å²) < 4.78 is 49.6. The van der Waals surface area contributed by atoms with Crippen LogP contribution in [0.15, 0.2) is 152 Å². The van der Waals surface area contributed by atoms with Crippen LogP contribution in [0.2, 0.25) is 0 Å². The lowest BCUT2D eigenvalue weighted by Crippen LogP contribution is -2.10. The Morgan fingerprint density at radius 2 is 0.788 bits per heavy atom. The van der Waals surface area contributed by atoms with Crippen LogP contribution in [0.1, 0.15) is 38.9 Å². The van der Waals surface area contributed by atoms with E-state index >= 15 is 13.2 Å². The normalized spacial score (nSPS) is 11.2. The van der Waals surface area contributed by atoms with Crippen LogP contribution in [0, 0.1) is 68.0 Å². The molecule has 0 bridgehead atoms. The Kier molecular flexibility index (Phi) is 9.41. The van der Waals surface area contributed by atoms with Crippen LogP contribution in [-0.2, 0) is 6.18 Å². The zero-order chi connectivity index (χ0) is 45.9. The minimum atomic E-state index is -4.89. The van der Waals surface area contributed by atoms with Gasteiger partial charge in [-0.25, -0.2) is 0 Å². The molecule has 306 valence electrons. The van der Waals surface area contributed by atoms with Crippen molar-refractivity contribution in [2.24, 2.45) is 0 Å². The number of hydrogen-bond donors (Lipinski definition) is 0. The first-order valence-corrected chi connectivity index (χ1v) is 20.2. The van der Waals surface area contributed by atoms with Gasteiger partial charge in [0.2, 0.25) is 0 Å². The maximum absolute atomic E-state index is 15.3. The van der Waals surface area contributed by atoms with Gasteiger partial charge < -0.3 is 9.13 Å². The van der Waals surface area contributed by atoms with Crippen LogP contribution >= 0.6 is 0 Å². The fourth-order valence-corrected chi connectivity index (χ4v) is 9.05. The maximum atomic E-state index is 15.3. The summed E-state index contributed by atoms with van der Waals surface area (Å²) in [4.78, 5) is 0. The van der Waals surface area contributed by atoms with Gasteiger partial charge in [-0.05, 0) is 113 Å². The molecule has 0 atom stereocenters. The lowest BCUT2D eigenvalue weighted by Gasteiger charge is -2.21. The number of halogens is 3. The molecule has 2 heterocycles. The van der Waals surface area contributed by atoms with E-state index in [1.54, 1.807) is 36.4 Å². The summed E-state index contributed by atoms with van der Waals surface area (Å²) in [6, 6.07) is 55.1. The average molecular weight is 855 g/mol. The van der Waals surface area contributed by atoms with Gasteiger partial charge in [0.1, 0.15) is 6.07 Å². The molecular weight excluding hydrogens is 830 g/mol. The molecule has 0 spiro atoms. The van der Waals surface area contributed by atoms with Crippen molar-refractivity contribution in [3.05, 3.63) is 191 Å². The van der Waals surface area contributed by atoms with Gasteiger partial charge in [-0.15, -0.1) is 0 Å². The standard InChI is InChI=1S/C55H25F3N8/c56-55(57,58)48-21-34(28-61)11-16-42(48)47-25-53(65-49-7-3-1-5-43(49)45-22-35(12-17-51(45)65)40-14-9-32(26-59)19-37(40)29-62)39(31-64)24-54(47)66-50-8-4-2-6-44(50)46-23-36(13-18-52(46)66)41-15-10-33(27-60)20-38(41)30-63/h1-25H. The Bertz CT molecular complexity index is 4020. The fourth-order valence-electron chi connectivity index (χ4n) is 9.05. The van der Waals surface area contributed by atoms with E-state index in [4.69, 9.17) is 0 Å². The van der Waals surface area contributed by atoms with Crippen molar-refractivity contribution in [2.45, 2.75) is 6.18 Å². The van der Waals surface area contributed by atoms with E-state index in [9.17, 15) is 31.6 Å². The summed E-state index contributed by atoms with van der Waals surface area (Å²) in [7, 11) is 0. The highest BCUT2D eigenvalue weighted by atomic mass is 19.4. The quantitative estimate of drug-likeness (QED) is 0.168. The second kappa shape index (κ2) is 15.5. The van der Waals surface area contributed by atoms with E-state index in [1.807, 2.05) is 100 Å². The number of para-hydroxylation sites is 2. The van der Waals surface area contributed by atoms with Gasteiger partial charge in [-0.3, -0.25) is 0 Å². The van der Waals surface area contributed by atoms with Crippen molar-refractivity contribution >= 4 is 43.6 Å². The zero-order valence-electron chi connectivity index (χ0n) is 34.1. The van der Waals surface area contributed by atoms with Crippen molar-refractivity contribution in [3.63, 3.8) is 0 Å². The van der Waals surface area contributed by atoms with Crippen LogP contribution in [-0.4, -0.2) is 9.13 Å². The van der Waals surface area contributed by atoms with Gasteiger partial charge in [0.15, 0.2) is 0 Å². The molecule has 10 rings (SSSR count). The highest BCUT2D eigenvalue weighted by molar-refractivity contribution is 6.13. The number of nitriles is 6. The SMILES string of the molecule is N#Cc1ccc(-c2ccc3c(c2)c2ccccc2n3-c2cc(-c3ccc(C#N)cc3C(F)(F)F)c(-n3c4ccccc4c4cc(-c5ccc(C#N)cc5C#N)ccc43)cc2C#N)c(C#N)c1. The van der Waals surface area contributed by atoms with Crippen molar-refractivity contribution in [3.8, 4) is 81.2 Å². The lowest BCUT2D eigenvalue weighted by molar-refractivity contribution is -0.137. The predicted octanol–water partition coefficient (Wildman–Crippen LogP) is 13.1.